The number of halogens is 1. The molecule has 0 aliphatic heterocycles. The van der Waals surface area contributed by atoms with Crippen molar-refractivity contribution in [1.29, 1.82) is 0 Å². The van der Waals surface area contributed by atoms with Crippen molar-refractivity contribution in [3.05, 3.63) is 20.2 Å². The fraction of sp³-hybridized carbons (Fsp3) is 0.800. The Kier molecular flexibility index (Phi) is 4.03. The molecule has 86 valence electrons. The van der Waals surface area contributed by atoms with Gasteiger partial charge < -0.3 is 5.73 Å². The van der Waals surface area contributed by atoms with Crippen LogP contribution >= 0.6 is 0 Å². The highest BCUT2D eigenvalue weighted by molar-refractivity contribution is 5.78. The van der Waals surface area contributed by atoms with Gasteiger partial charge >= 0.3 is 5.66 Å². The second-order valence-corrected chi connectivity index (χ2v) is 2.85. The van der Waals surface area contributed by atoms with Crippen molar-refractivity contribution in [2.24, 2.45) is 17.4 Å². The van der Waals surface area contributed by atoms with Gasteiger partial charge in [-0.15, -0.1) is 0 Å². The number of hydrogen-bond acceptors (Lipinski definition) is 6. The lowest BCUT2D eigenvalue weighted by atomic mass is 9.94. The van der Waals surface area contributed by atoms with Crippen molar-refractivity contribution >= 4 is 5.91 Å². The molecule has 0 aliphatic carbocycles. The van der Waals surface area contributed by atoms with Crippen LogP contribution in [0.5, 0.6) is 0 Å². The molecule has 0 rings (SSSR count). The average molecular weight is 224 g/mol. The fourth-order valence-corrected chi connectivity index (χ4v) is 0.913. The Bertz CT molecular complexity index is 297. The van der Waals surface area contributed by atoms with Gasteiger partial charge in [0.25, 0.3) is 0 Å². The van der Waals surface area contributed by atoms with E-state index in [1.54, 1.807) is 0 Å². The Balaban J connectivity index is 5.11. The average Bonchev–Trinajstić information content (AvgIpc) is 2.12. The number of nitro groups is 2. The van der Waals surface area contributed by atoms with Crippen molar-refractivity contribution in [3.63, 3.8) is 0 Å². The van der Waals surface area contributed by atoms with Crippen LogP contribution in [0.15, 0.2) is 0 Å². The summed E-state index contributed by atoms with van der Waals surface area (Å²) in [6, 6.07) is 0. The van der Waals surface area contributed by atoms with Gasteiger partial charge in [-0.05, 0) is 0 Å². The monoisotopic (exact) mass is 224 g/mol. The summed E-state index contributed by atoms with van der Waals surface area (Å²) in [5.74, 6) is -3.38. The van der Waals surface area contributed by atoms with E-state index in [4.69, 9.17) is 5.73 Å². The highest BCUT2D eigenvalue weighted by Crippen LogP contribution is 2.16. The maximum atomic E-state index is 12.4. The molecule has 0 bridgehead atoms. The van der Waals surface area contributed by atoms with Crippen LogP contribution in [0.3, 0.4) is 0 Å². The number of nitrogens with zero attached hydrogens (tertiary/aromatic N) is 2. The third kappa shape index (κ3) is 2.80. The summed E-state index contributed by atoms with van der Waals surface area (Å²) in [6.45, 7) is -2.90. The van der Waals surface area contributed by atoms with Crippen molar-refractivity contribution in [2.45, 2.75) is 5.66 Å². The summed E-state index contributed by atoms with van der Waals surface area (Å²) in [5, 5.41) is 20.5. The summed E-state index contributed by atoms with van der Waals surface area (Å²) < 4.78 is 12.4. The lowest BCUT2D eigenvalue weighted by Crippen LogP contribution is -2.61. The molecule has 0 aromatic heterocycles. The SMILES string of the molecule is NC(=O)C(C[N+](=O)[O-])[C@](N)(CF)[N+](=O)[O-]. The van der Waals surface area contributed by atoms with Crippen LogP contribution in [-0.2, 0) is 4.79 Å². The van der Waals surface area contributed by atoms with Crippen molar-refractivity contribution in [1.82, 2.24) is 0 Å². The van der Waals surface area contributed by atoms with E-state index < -0.39 is 40.6 Å². The van der Waals surface area contributed by atoms with Gasteiger partial charge in [-0.2, -0.15) is 0 Å². The molecule has 0 spiro atoms. The minimum absolute atomic E-state index is 1.02. The fourth-order valence-electron chi connectivity index (χ4n) is 0.913. The second kappa shape index (κ2) is 4.59. The third-order valence-corrected chi connectivity index (χ3v) is 1.83. The zero-order chi connectivity index (χ0) is 12.2. The summed E-state index contributed by atoms with van der Waals surface area (Å²) in [4.78, 5) is 28.9. The lowest BCUT2D eigenvalue weighted by Gasteiger charge is -2.21. The maximum absolute atomic E-state index is 12.4. The molecule has 10 heteroatoms. The predicted molar refractivity (Wildman–Crippen MR) is 44.4 cm³/mol. The molecule has 0 fully saturated rings. The van der Waals surface area contributed by atoms with Gasteiger partial charge in [-0.1, -0.05) is 0 Å². The zero-order valence-corrected chi connectivity index (χ0v) is 7.46. The van der Waals surface area contributed by atoms with Crippen molar-refractivity contribution in [3.8, 4) is 0 Å². The molecule has 9 nitrogen and oxygen atoms in total. The Morgan fingerprint density at radius 3 is 2.13 bits per heavy atom. The standard InChI is InChI=1S/C5H9FN4O5/c6-2-5(8,10(14)15)3(4(7)11)1-9(12)13/h3H,1-2,8H2,(H2,7,11)/t3?,5-/m0/s1. The number of hydrogen-bond donors (Lipinski definition) is 2. The molecular weight excluding hydrogens is 215 g/mol. The van der Waals surface area contributed by atoms with Gasteiger partial charge in [0, 0.05) is 9.85 Å². The first-order valence-corrected chi connectivity index (χ1v) is 3.66. The van der Waals surface area contributed by atoms with Crippen LogP contribution in [0, 0.1) is 26.1 Å². The number of carbonyl (C=O) groups excluding carboxylic acids is 1. The number of alkyl halides is 1. The number of amides is 1. The molecule has 0 saturated carbocycles. The minimum Gasteiger partial charge on any atom is -0.369 e. The zero-order valence-electron chi connectivity index (χ0n) is 7.46. The van der Waals surface area contributed by atoms with Crippen LogP contribution < -0.4 is 11.5 Å². The Hall–Kier alpha value is -1.84. The molecule has 0 aromatic carbocycles. The molecule has 1 unspecified atom stereocenters. The van der Waals surface area contributed by atoms with Crippen LogP contribution in [0.1, 0.15) is 0 Å². The van der Waals surface area contributed by atoms with Gasteiger partial charge in [0.05, 0.1) is 0 Å². The van der Waals surface area contributed by atoms with E-state index in [1.807, 2.05) is 0 Å². The Labute approximate surface area is 82.5 Å². The summed E-state index contributed by atoms with van der Waals surface area (Å²) in [6.07, 6.45) is 0. The van der Waals surface area contributed by atoms with E-state index in [1.165, 1.54) is 0 Å². The van der Waals surface area contributed by atoms with Gasteiger partial charge in [0.15, 0.2) is 12.6 Å². The maximum Gasteiger partial charge on any atom is 0.318 e. The summed E-state index contributed by atoms with van der Waals surface area (Å²) >= 11 is 0. The largest absolute Gasteiger partial charge is 0.369 e. The first-order valence-electron chi connectivity index (χ1n) is 3.66. The summed E-state index contributed by atoms with van der Waals surface area (Å²) in [5.41, 5.74) is 6.80. The first kappa shape index (κ1) is 13.2. The minimum atomic E-state index is -2.85. The van der Waals surface area contributed by atoms with Gasteiger partial charge in [0.1, 0.15) is 0 Å². The van der Waals surface area contributed by atoms with Crippen molar-refractivity contribution in [2.75, 3.05) is 13.2 Å². The summed E-state index contributed by atoms with van der Waals surface area (Å²) in [7, 11) is 0. The molecule has 0 aromatic rings. The number of primary amides is 1. The van der Waals surface area contributed by atoms with Crippen LogP contribution in [0.25, 0.3) is 0 Å². The molecule has 0 saturated heterocycles. The van der Waals surface area contributed by atoms with Gasteiger partial charge in [0.2, 0.25) is 12.5 Å². The third-order valence-electron chi connectivity index (χ3n) is 1.83. The predicted octanol–water partition coefficient (Wildman–Crippen LogP) is -1.73. The van der Waals surface area contributed by atoms with E-state index >= 15 is 0 Å². The first-order chi connectivity index (χ1) is 6.75. The van der Waals surface area contributed by atoms with Gasteiger partial charge in [-0.3, -0.25) is 30.8 Å². The lowest BCUT2D eigenvalue weighted by molar-refractivity contribution is -0.592. The smallest absolute Gasteiger partial charge is 0.318 e. The number of rotatable bonds is 6. The van der Waals surface area contributed by atoms with Crippen molar-refractivity contribution < 1.29 is 19.0 Å². The molecular formula is C5H9FN4O5. The van der Waals surface area contributed by atoms with Crippen LogP contribution in [0.4, 0.5) is 4.39 Å². The van der Waals surface area contributed by atoms with E-state index in [0.717, 1.165) is 0 Å². The van der Waals surface area contributed by atoms with Crippen LogP contribution in [0.2, 0.25) is 0 Å². The highest BCUT2D eigenvalue weighted by atomic mass is 19.1. The molecule has 2 atom stereocenters. The molecule has 0 radical (unpaired) electrons. The Morgan fingerprint density at radius 1 is 1.47 bits per heavy atom. The van der Waals surface area contributed by atoms with Gasteiger partial charge in [-0.25, -0.2) is 4.39 Å². The number of nitrogens with two attached hydrogens (primary N) is 2. The molecule has 15 heavy (non-hydrogen) atoms. The highest BCUT2D eigenvalue weighted by Gasteiger charge is 2.53. The quantitative estimate of drug-likeness (QED) is 0.310. The molecule has 0 aliphatic rings. The topological polar surface area (TPSA) is 155 Å². The van der Waals surface area contributed by atoms with E-state index in [0.29, 0.717) is 0 Å². The van der Waals surface area contributed by atoms with E-state index in [9.17, 15) is 29.4 Å². The molecule has 1 amide bonds. The van der Waals surface area contributed by atoms with E-state index in [-0.39, 0.29) is 0 Å². The normalized spacial score (nSPS) is 16.4. The Morgan fingerprint density at radius 2 is 1.93 bits per heavy atom. The molecule has 4 N–H and O–H groups in total. The second-order valence-electron chi connectivity index (χ2n) is 2.85. The van der Waals surface area contributed by atoms with Crippen LogP contribution in [-0.4, -0.2) is 34.6 Å². The molecule has 0 heterocycles. The number of carbonyl (C=O) groups is 1. The van der Waals surface area contributed by atoms with E-state index in [2.05, 4.69) is 5.73 Å².